The summed E-state index contributed by atoms with van der Waals surface area (Å²) in [5.74, 6) is 1.12. The van der Waals surface area contributed by atoms with Gasteiger partial charge in [0.25, 0.3) is 0 Å². The molecule has 0 amide bonds. The molecular weight excluding hydrogens is 246 g/mol. The predicted molar refractivity (Wildman–Crippen MR) is 85.2 cm³/mol. The van der Waals surface area contributed by atoms with Gasteiger partial charge in [-0.1, -0.05) is 24.3 Å². The van der Waals surface area contributed by atoms with Crippen LogP contribution in [0.3, 0.4) is 0 Å². The molecule has 106 valence electrons. The molecule has 0 spiro atoms. The highest BCUT2D eigenvalue weighted by Crippen LogP contribution is 2.26. The minimum atomic E-state index is 0.454. The first-order valence-electron chi connectivity index (χ1n) is 7.59. The Bertz CT molecular complexity index is 568. The third kappa shape index (κ3) is 2.63. The van der Waals surface area contributed by atoms with Crippen molar-refractivity contribution in [3.63, 3.8) is 0 Å². The summed E-state index contributed by atoms with van der Waals surface area (Å²) in [5.41, 5.74) is 0. The highest BCUT2D eigenvalue weighted by molar-refractivity contribution is 5.92. The maximum atomic E-state index is 4.67. The van der Waals surface area contributed by atoms with E-state index in [1.165, 1.54) is 23.6 Å². The van der Waals surface area contributed by atoms with E-state index in [0.717, 1.165) is 18.9 Å². The van der Waals surface area contributed by atoms with Crippen LogP contribution >= 0.6 is 0 Å². The third-order valence-electron chi connectivity index (χ3n) is 4.13. The maximum absolute atomic E-state index is 4.67. The van der Waals surface area contributed by atoms with Crippen LogP contribution in [0.15, 0.2) is 36.5 Å². The van der Waals surface area contributed by atoms with Gasteiger partial charge in [-0.15, -0.1) is 0 Å². The quantitative estimate of drug-likeness (QED) is 0.924. The van der Waals surface area contributed by atoms with Gasteiger partial charge in [-0.3, -0.25) is 0 Å². The van der Waals surface area contributed by atoms with Crippen molar-refractivity contribution in [1.29, 1.82) is 0 Å². The Balaban J connectivity index is 1.96. The number of pyridine rings is 1. The molecule has 1 atom stereocenters. The number of hydrogen-bond donors (Lipinski definition) is 1. The second-order valence-corrected chi connectivity index (χ2v) is 5.90. The monoisotopic (exact) mass is 269 g/mol. The molecule has 1 aromatic heterocycles. The number of nitrogens with one attached hydrogen (secondary N) is 1. The molecule has 0 aliphatic carbocycles. The lowest BCUT2D eigenvalue weighted by Crippen LogP contribution is -2.41. The average molecular weight is 269 g/mol. The summed E-state index contributed by atoms with van der Waals surface area (Å²) >= 11 is 0. The lowest BCUT2D eigenvalue weighted by molar-refractivity contribution is 0.550. The molecule has 1 aromatic carbocycles. The van der Waals surface area contributed by atoms with Crippen LogP contribution in [0.4, 0.5) is 5.82 Å². The summed E-state index contributed by atoms with van der Waals surface area (Å²) in [5, 5.41) is 6.11. The highest BCUT2D eigenvalue weighted by Gasteiger charge is 2.21. The van der Waals surface area contributed by atoms with Crippen molar-refractivity contribution in [1.82, 2.24) is 10.3 Å². The van der Waals surface area contributed by atoms with Crippen molar-refractivity contribution in [2.75, 3.05) is 18.0 Å². The Hall–Kier alpha value is -1.61. The molecule has 1 N–H and O–H groups in total. The molecule has 1 unspecified atom stereocenters. The number of aromatic nitrogens is 1. The first kappa shape index (κ1) is 13.4. The Morgan fingerprint density at radius 1 is 1.30 bits per heavy atom. The summed E-state index contributed by atoms with van der Waals surface area (Å²) in [6.07, 6.45) is 4.49. The van der Waals surface area contributed by atoms with Gasteiger partial charge in [0.2, 0.25) is 0 Å². The molecule has 20 heavy (non-hydrogen) atoms. The van der Waals surface area contributed by atoms with E-state index in [9.17, 15) is 0 Å². The van der Waals surface area contributed by atoms with E-state index in [0.29, 0.717) is 12.1 Å². The van der Waals surface area contributed by atoms with Crippen LogP contribution in [0.2, 0.25) is 0 Å². The van der Waals surface area contributed by atoms with Gasteiger partial charge in [0.05, 0.1) is 0 Å². The molecule has 2 heterocycles. The van der Waals surface area contributed by atoms with Crippen molar-refractivity contribution in [3.8, 4) is 0 Å². The van der Waals surface area contributed by atoms with E-state index >= 15 is 0 Å². The lowest BCUT2D eigenvalue weighted by atomic mass is 10.1. The molecule has 3 heteroatoms. The Morgan fingerprint density at radius 3 is 2.90 bits per heavy atom. The Morgan fingerprint density at radius 2 is 2.15 bits per heavy atom. The number of fused-ring (bicyclic) bond motifs is 1. The number of nitrogens with zero attached hydrogens (tertiary/aromatic N) is 2. The molecule has 1 fully saturated rings. The zero-order valence-corrected chi connectivity index (χ0v) is 12.3. The fourth-order valence-electron chi connectivity index (χ4n) is 3.02. The molecule has 0 radical (unpaired) electrons. The van der Waals surface area contributed by atoms with Crippen LogP contribution in [-0.4, -0.2) is 30.2 Å². The minimum absolute atomic E-state index is 0.454. The largest absolute Gasteiger partial charge is 0.352 e. The summed E-state index contributed by atoms with van der Waals surface area (Å²) in [6.45, 7) is 6.69. The second-order valence-electron chi connectivity index (χ2n) is 5.90. The summed E-state index contributed by atoms with van der Waals surface area (Å²) < 4.78 is 0. The van der Waals surface area contributed by atoms with Crippen LogP contribution in [0.5, 0.6) is 0 Å². The van der Waals surface area contributed by atoms with Crippen molar-refractivity contribution in [3.05, 3.63) is 36.5 Å². The topological polar surface area (TPSA) is 28.2 Å². The van der Waals surface area contributed by atoms with E-state index < -0.39 is 0 Å². The van der Waals surface area contributed by atoms with Crippen LogP contribution in [0, 0.1) is 0 Å². The molecule has 1 aliphatic rings. The molecular formula is C17H23N3. The van der Waals surface area contributed by atoms with Crippen molar-refractivity contribution in [2.24, 2.45) is 0 Å². The first-order valence-corrected chi connectivity index (χ1v) is 7.59. The van der Waals surface area contributed by atoms with E-state index in [2.05, 4.69) is 59.4 Å². The van der Waals surface area contributed by atoms with E-state index in [1.807, 2.05) is 6.20 Å². The van der Waals surface area contributed by atoms with Gasteiger partial charge in [-0.25, -0.2) is 4.98 Å². The number of anilines is 1. The maximum Gasteiger partial charge on any atom is 0.136 e. The fraction of sp³-hybridized carbons (Fsp3) is 0.471. The first-order chi connectivity index (χ1) is 9.75. The zero-order valence-electron chi connectivity index (χ0n) is 12.3. The molecule has 3 nitrogen and oxygen atoms in total. The van der Waals surface area contributed by atoms with Gasteiger partial charge in [0.1, 0.15) is 5.82 Å². The Kier molecular flexibility index (Phi) is 3.88. The normalized spacial score (nSPS) is 18.9. The van der Waals surface area contributed by atoms with Crippen LogP contribution in [-0.2, 0) is 0 Å². The lowest BCUT2D eigenvalue weighted by Gasteiger charge is -2.31. The molecule has 2 aromatic rings. The molecule has 1 saturated heterocycles. The van der Waals surface area contributed by atoms with Crippen LogP contribution in [0.1, 0.15) is 26.7 Å². The zero-order chi connectivity index (χ0) is 13.9. The second kappa shape index (κ2) is 5.80. The molecule has 3 rings (SSSR count). The van der Waals surface area contributed by atoms with E-state index in [1.54, 1.807) is 0 Å². The van der Waals surface area contributed by atoms with Crippen LogP contribution in [0.25, 0.3) is 10.8 Å². The standard InChI is InChI=1S/C17H23N3/c1-13(2)20(12-15-7-5-10-18-15)17-16-8-4-3-6-14(16)9-11-19-17/h3-4,6,8-9,11,13,15,18H,5,7,10,12H2,1-2H3. The fourth-order valence-corrected chi connectivity index (χ4v) is 3.02. The SMILES string of the molecule is CC(C)N(CC1CCCN1)c1nccc2ccccc12. The van der Waals surface area contributed by atoms with E-state index in [4.69, 9.17) is 0 Å². The Labute approximate surface area is 121 Å². The van der Waals surface area contributed by atoms with Crippen molar-refractivity contribution < 1.29 is 0 Å². The van der Waals surface area contributed by atoms with Gasteiger partial charge in [-0.2, -0.15) is 0 Å². The highest BCUT2D eigenvalue weighted by atomic mass is 15.2. The van der Waals surface area contributed by atoms with Crippen LogP contribution < -0.4 is 10.2 Å². The van der Waals surface area contributed by atoms with Gasteiger partial charge in [0.15, 0.2) is 0 Å². The molecule has 0 saturated carbocycles. The summed E-state index contributed by atoms with van der Waals surface area (Å²) in [4.78, 5) is 7.10. The van der Waals surface area contributed by atoms with Crippen molar-refractivity contribution in [2.45, 2.75) is 38.8 Å². The molecule has 0 bridgehead atoms. The van der Waals surface area contributed by atoms with Crippen molar-refractivity contribution >= 4 is 16.6 Å². The predicted octanol–water partition coefficient (Wildman–Crippen LogP) is 3.20. The number of hydrogen-bond acceptors (Lipinski definition) is 3. The smallest absolute Gasteiger partial charge is 0.136 e. The number of rotatable bonds is 4. The summed E-state index contributed by atoms with van der Waals surface area (Å²) in [6, 6.07) is 11.7. The summed E-state index contributed by atoms with van der Waals surface area (Å²) in [7, 11) is 0. The molecule has 1 aliphatic heterocycles. The van der Waals surface area contributed by atoms with Gasteiger partial charge < -0.3 is 10.2 Å². The van der Waals surface area contributed by atoms with Gasteiger partial charge in [0, 0.05) is 30.2 Å². The minimum Gasteiger partial charge on any atom is -0.352 e. The average Bonchev–Trinajstić information content (AvgIpc) is 2.97. The van der Waals surface area contributed by atoms with Gasteiger partial charge in [-0.05, 0) is 44.7 Å². The van der Waals surface area contributed by atoms with Gasteiger partial charge >= 0.3 is 0 Å². The third-order valence-corrected chi connectivity index (χ3v) is 4.13. The van der Waals surface area contributed by atoms with E-state index in [-0.39, 0.29) is 0 Å². The number of benzene rings is 1.